The monoisotopic (exact) mass is 262 g/mol. The Labute approximate surface area is 109 Å². The van der Waals surface area contributed by atoms with Crippen LogP contribution in [0.15, 0.2) is 18.2 Å². The number of aromatic nitrogens is 1. The first-order valence-electron chi connectivity index (χ1n) is 6.12. The standard InChI is InChI=1S/C13H14N2O2S/c16-13(17)8-4-3-6-9-11(8)18-12(15-9)10-5-1-2-7-14-10/h3-4,6,10,14H,1-2,5,7H2,(H,16,17). The van der Waals surface area contributed by atoms with Gasteiger partial charge in [-0.15, -0.1) is 11.3 Å². The van der Waals surface area contributed by atoms with E-state index in [1.807, 2.05) is 6.07 Å². The molecule has 1 unspecified atom stereocenters. The molecule has 0 radical (unpaired) electrons. The molecule has 94 valence electrons. The molecular formula is C13H14N2O2S. The van der Waals surface area contributed by atoms with Crippen LogP contribution >= 0.6 is 11.3 Å². The highest BCUT2D eigenvalue weighted by Crippen LogP contribution is 2.32. The lowest BCUT2D eigenvalue weighted by molar-refractivity contribution is 0.0699. The van der Waals surface area contributed by atoms with Gasteiger partial charge in [-0.2, -0.15) is 0 Å². The molecule has 2 N–H and O–H groups in total. The van der Waals surface area contributed by atoms with Crippen LogP contribution in [0, 0.1) is 0 Å². The van der Waals surface area contributed by atoms with Crippen molar-refractivity contribution in [3.05, 3.63) is 28.8 Å². The van der Waals surface area contributed by atoms with Crippen LogP contribution < -0.4 is 5.32 Å². The van der Waals surface area contributed by atoms with Gasteiger partial charge < -0.3 is 10.4 Å². The van der Waals surface area contributed by atoms with Gasteiger partial charge in [-0.05, 0) is 31.5 Å². The van der Waals surface area contributed by atoms with E-state index in [-0.39, 0.29) is 6.04 Å². The van der Waals surface area contributed by atoms with Crippen LogP contribution in [0.2, 0.25) is 0 Å². The topological polar surface area (TPSA) is 62.2 Å². The van der Waals surface area contributed by atoms with Crippen molar-refractivity contribution < 1.29 is 9.90 Å². The highest BCUT2D eigenvalue weighted by molar-refractivity contribution is 7.19. The zero-order valence-electron chi connectivity index (χ0n) is 9.85. The first-order chi connectivity index (χ1) is 8.75. The van der Waals surface area contributed by atoms with E-state index >= 15 is 0 Å². The molecule has 2 aromatic rings. The van der Waals surface area contributed by atoms with Crippen molar-refractivity contribution >= 4 is 27.5 Å². The fraction of sp³-hybridized carbons (Fsp3) is 0.385. The number of carbonyl (C=O) groups is 1. The van der Waals surface area contributed by atoms with Gasteiger partial charge in [-0.25, -0.2) is 9.78 Å². The molecular weight excluding hydrogens is 248 g/mol. The Kier molecular flexibility index (Phi) is 3.01. The summed E-state index contributed by atoms with van der Waals surface area (Å²) in [6.07, 6.45) is 3.50. The van der Waals surface area contributed by atoms with Crippen LogP contribution in [0.5, 0.6) is 0 Å². The molecule has 0 saturated carbocycles. The maximum Gasteiger partial charge on any atom is 0.337 e. The zero-order valence-corrected chi connectivity index (χ0v) is 10.7. The van der Waals surface area contributed by atoms with E-state index in [9.17, 15) is 4.79 Å². The summed E-state index contributed by atoms with van der Waals surface area (Å²) in [5.74, 6) is -0.882. The van der Waals surface area contributed by atoms with E-state index in [2.05, 4.69) is 10.3 Å². The van der Waals surface area contributed by atoms with Crippen LogP contribution in [0.1, 0.15) is 40.7 Å². The minimum atomic E-state index is -0.882. The number of carboxylic acids is 1. The number of nitrogens with one attached hydrogen (secondary N) is 1. The maximum absolute atomic E-state index is 11.2. The van der Waals surface area contributed by atoms with Crippen LogP contribution in [-0.4, -0.2) is 22.6 Å². The van der Waals surface area contributed by atoms with Crippen LogP contribution in [0.4, 0.5) is 0 Å². The lowest BCUT2D eigenvalue weighted by Gasteiger charge is -2.20. The van der Waals surface area contributed by atoms with Gasteiger partial charge in [-0.1, -0.05) is 12.5 Å². The molecule has 1 aliphatic heterocycles. The molecule has 1 aromatic carbocycles. The van der Waals surface area contributed by atoms with Gasteiger partial charge in [0.05, 0.1) is 21.8 Å². The number of rotatable bonds is 2. The Morgan fingerprint density at radius 1 is 1.44 bits per heavy atom. The summed E-state index contributed by atoms with van der Waals surface area (Å²) in [6.45, 7) is 1.02. The smallest absolute Gasteiger partial charge is 0.337 e. The predicted molar refractivity (Wildman–Crippen MR) is 71.2 cm³/mol. The van der Waals surface area contributed by atoms with E-state index in [1.165, 1.54) is 24.2 Å². The van der Waals surface area contributed by atoms with Crippen molar-refractivity contribution in [2.24, 2.45) is 0 Å². The molecule has 1 aromatic heterocycles. The molecule has 1 saturated heterocycles. The summed E-state index contributed by atoms with van der Waals surface area (Å²) < 4.78 is 0.785. The van der Waals surface area contributed by atoms with Gasteiger partial charge in [0.2, 0.25) is 0 Å². The SMILES string of the molecule is O=C(O)c1cccc2nc(C3CCCCN3)sc12. The quantitative estimate of drug-likeness (QED) is 0.873. The van der Waals surface area contributed by atoms with Gasteiger partial charge in [0.1, 0.15) is 5.01 Å². The molecule has 5 heteroatoms. The molecule has 3 rings (SSSR count). The summed E-state index contributed by atoms with van der Waals surface area (Å²) in [5, 5.41) is 13.6. The number of thiazole rings is 1. The largest absolute Gasteiger partial charge is 0.478 e. The highest BCUT2D eigenvalue weighted by Gasteiger charge is 2.20. The van der Waals surface area contributed by atoms with Crippen molar-refractivity contribution in [3.8, 4) is 0 Å². The molecule has 0 aliphatic carbocycles. The molecule has 1 atom stereocenters. The molecule has 0 spiro atoms. The minimum absolute atomic E-state index is 0.290. The lowest BCUT2D eigenvalue weighted by Crippen LogP contribution is -2.26. The summed E-state index contributed by atoms with van der Waals surface area (Å²) in [6, 6.07) is 5.56. The number of benzene rings is 1. The van der Waals surface area contributed by atoms with Gasteiger partial charge in [0, 0.05) is 0 Å². The lowest BCUT2D eigenvalue weighted by atomic mass is 10.1. The molecule has 1 aliphatic rings. The Morgan fingerprint density at radius 3 is 3.06 bits per heavy atom. The van der Waals surface area contributed by atoms with Crippen LogP contribution in [0.25, 0.3) is 10.2 Å². The second-order valence-corrected chi connectivity index (χ2v) is 5.54. The second-order valence-electron chi connectivity index (χ2n) is 4.51. The Balaban J connectivity index is 2.04. The highest BCUT2D eigenvalue weighted by atomic mass is 32.1. The number of nitrogens with zero attached hydrogens (tertiary/aromatic N) is 1. The second kappa shape index (κ2) is 4.66. The van der Waals surface area contributed by atoms with Gasteiger partial charge in [0.15, 0.2) is 0 Å². The van der Waals surface area contributed by atoms with Crippen LogP contribution in [-0.2, 0) is 0 Å². The number of hydrogen-bond acceptors (Lipinski definition) is 4. The normalized spacial score (nSPS) is 20.1. The third-order valence-electron chi connectivity index (χ3n) is 3.27. The number of hydrogen-bond donors (Lipinski definition) is 2. The molecule has 0 bridgehead atoms. The Bertz CT molecular complexity index is 588. The molecule has 4 nitrogen and oxygen atoms in total. The third kappa shape index (κ3) is 2.00. The van der Waals surface area contributed by atoms with Gasteiger partial charge in [-0.3, -0.25) is 0 Å². The van der Waals surface area contributed by atoms with Crippen LogP contribution in [0.3, 0.4) is 0 Å². The maximum atomic E-state index is 11.2. The van der Waals surface area contributed by atoms with Gasteiger partial charge in [0.25, 0.3) is 0 Å². The van der Waals surface area contributed by atoms with E-state index < -0.39 is 5.97 Å². The average molecular weight is 262 g/mol. The van der Waals surface area contributed by atoms with Crippen molar-refractivity contribution in [1.29, 1.82) is 0 Å². The first-order valence-corrected chi connectivity index (χ1v) is 6.93. The summed E-state index contributed by atoms with van der Waals surface area (Å²) in [4.78, 5) is 15.7. The van der Waals surface area contributed by atoms with E-state index in [0.29, 0.717) is 5.56 Å². The predicted octanol–water partition coefficient (Wildman–Crippen LogP) is 2.81. The van der Waals surface area contributed by atoms with E-state index in [4.69, 9.17) is 5.11 Å². The molecule has 1 fully saturated rings. The Morgan fingerprint density at radius 2 is 2.33 bits per heavy atom. The molecule has 0 amide bonds. The third-order valence-corrected chi connectivity index (χ3v) is 4.49. The minimum Gasteiger partial charge on any atom is -0.478 e. The average Bonchev–Trinajstić information content (AvgIpc) is 2.83. The van der Waals surface area contributed by atoms with Crippen molar-refractivity contribution in [3.63, 3.8) is 0 Å². The number of piperidine rings is 1. The number of carboxylic acid groups (broad SMARTS) is 1. The molecule has 18 heavy (non-hydrogen) atoms. The van der Waals surface area contributed by atoms with E-state index in [0.717, 1.165) is 28.2 Å². The fourth-order valence-corrected chi connectivity index (χ4v) is 3.53. The summed E-state index contributed by atoms with van der Waals surface area (Å²) >= 11 is 1.50. The Hall–Kier alpha value is -1.46. The fourth-order valence-electron chi connectivity index (χ4n) is 2.35. The van der Waals surface area contributed by atoms with Crippen molar-refractivity contribution in [1.82, 2.24) is 10.3 Å². The van der Waals surface area contributed by atoms with E-state index in [1.54, 1.807) is 12.1 Å². The van der Waals surface area contributed by atoms with Crippen molar-refractivity contribution in [2.45, 2.75) is 25.3 Å². The summed E-state index contributed by atoms with van der Waals surface area (Å²) in [5.41, 5.74) is 1.15. The summed E-state index contributed by atoms with van der Waals surface area (Å²) in [7, 11) is 0. The number of fused-ring (bicyclic) bond motifs is 1. The number of aromatic carboxylic acids is 1. The molecule has 2 heterocycles. The van der Waals surface area contributed by atoms with Crippen molar-refractivity contribution in [2.75, 3.05) is 6.54 Å². The van der Waals surface area contributed by atoms with Gasteiger partial charge >= 0.3 is 5.97 Å². The first kappa shape index (κ1) is 11.6. The zero-order chi connectivity index (χ0) is 12.5.